The SMILES string of the molecule is CN=C(c1ccccn1)C1CCNCC1.Cl.Cl. The molecule has 0 saturated carbocycles. The second-order valence-electron chi connectivity index (χ2n) is 3.85. The van der Waals surface area contributed by atoms with Gasteiger partial charge in [0, 0.05) is 19.2 Å². The van der Waals surface area contributed by atoms with Crippen molar-refractivity contribution in [1.29, 1.82) is 0 Å². The Morgan fingerprint density at radius 2 is 2.00 bits per heavy atom. The van der Waals surface area contributed by atoms with Crippen LogP contribution in [0.5, 0.6) is 0 Å². The maximum atomic E-state index is 4.41. The van der Waals surface area contributed by atoms with Gasteiger partial charge in [-0.05, 0) is 38.1 Å². The predicted molar refractivity (Wildman–Crippen MR) is 76.8 cm³/mol. The zero-order valence-corrected chi connectivity index (χ0v) is 11.6. The Balaban J connectivity index is 0.00000128. The topological polar surface area (TPSA) is 37.3 Å². The zero-order valence-electron chi connectivity index (χ0n) is 9.93. The summed E-state index contributed by atoms with van der Waals surface area (Å²) in [5.74, 6) is 0.575. The van der Waals surface area contributed by atoms with Crippen molar-refractivity contribution in [1.82, 2.24) is 10.3 Å². The minimum absolute atomic E-state index is 0. The van der Waals surface area contributed by atoms with E-state index in [1.165, 1.54) is 12.8 Å². The summed E-state index contributed by atoms with van der Waals surface area (Å²) in [7, 11) is 1.87. The van der Waals surface area contributed by atoms with Gasteiger partial charge in [-0.1, -0.05) is 6.07 Å². The van der Waals surface area contributed by atoms with Crippen LogP contribution in [0.1, 0.15) is 18.5 Å². The van der Waals surface area contributed by atoms with E-state index in [0.717, 1.165) is 24.5 Å². The number of hydrogen-bond acceptors (Lipinski definition) is 3. The predicted octanol–water partition coefficient (Wildman–Crippen LogP) is 2.34. The molecular weight excluding hydrogens is 257 g/mol. The highest BCUT2D eigenvalue weighted by Gasteiger charge is 2.20. The molecule has 0 amide bonds. The summed E-state index contributed by atoms with van der Waals surface area (Å²) in [5, 5.41) is 3.37. The maximum Gasteiger partial charge on any atom is 0.0842 e. The Hall–Kier alpha value is -0.640. The molecule has 3 nitrogen and oxygen atoms in total. The molecule has 0 spiro atoms. The van der Waals surface area contributed by atoms with E-state index in [-0.39, 0.29) is 24.8 Å². The molecule has 5 heteroatoms. The first-order chi connectivity index (χ1) is 7.42. The fourth-order valence-electron chi connectivity index (χ4n) is 2.12. The molecule has 2 heterocycles. The third-order valence-electron chi connectivity index (χ3n) is 2.89. The molecule has 0 unspecified atom stereocenters. The van der Waals surface area contributed by atoms with E-state index in [1.54, 1.807) is 0 Å². The normalized spacial score (nSPS) is 16.9. The molecule has 1 N–H and O–H groups in total. The summed E-state index contributed by atoms with van der Waals surface area (Å²) in [6, 6.07) is 6.01. The molecule has 0 bridgehead atoms. The number of piperidine rings is 1. The van der Waals surface area contributed by atoms with Crippen molar-refractivity contribution in [2.24, 2.45) is 10.9 Å². The Bertz CT molecular complexity index is 335. The molecule has 0 radical (unpaired) electrons. The van der Waals surface area contributed by atoms with Crippen LogP contribution >= 0.6 is 24.8 Å². The fourth-order valence-corrected chi connectivity index (χ4v) is 2.12. The summed E-state index contributed by atoms with van der Waals surface area (Å²) in [6.45, 7) is 2.19. The monoisotopic (exact) mass is 275 g/mol. The minimum Gasteiger partial charge on any atom is -0.317 e. The van der Waals surface area contributed by atoms with Crippen molar-refractivity contribution < 1.29 is 0 Å². The van der Waals surface area contributed by atoms with Gasteiger partial charge in [0.2, 0.25) is 0 Å². The largest absolute Gasteiger partial charge is 0.317 e. The van der Waals surface area contributed by atoms with Crippen LogP contribution in [0.15, 0.2) is 29.4 Å². The Labute approximate surface area is 115 Å². The highest BCUT2D eigenvalue weighted by atomic mass is 35.5. The molecule has 0 aromatic carbocycles. The highest BCUT2D eigenvalue weighted by Crippen LogP contribution is 2.17. The lowest BCUT2D eigenvalue weighted by Gasteiger charge is -2.23. The number of aromatic nitrogens is 1. The average molecular weight is 276 g/mol. The van der Waals surface area contributed by atoms with Gasteiger partial charge in [0.1, 0.15) is 0 Å². The van der Waals surface area contributed by atoms with Crippen LogP contribution in [0, 0.1) is 5.92 Å². The molecule has 0 atom stereocenters. The number of hydrogen-bond donors (Lipinski definition) is 1. The Kier molecular flexibility index (Phi) is 8.13. The summed E-state index contributed by atoms with van der Waals surface area (Å²) in [5.41, 5.74) is 2.20. The number of nitrogens with one attached hydrogen (secondary N) is 1. The molecule has 1 aliphatic rings. The maximum absolute atomic E-state index is 4.41. The summed E-state index contributed by atoms with van der Waals surface area (Å²) >= 11 is 0. The Morgan fingerprint density at radius 3 is 2.53 bits per heavy atom. The third kappa shape index (κ3) is 4.26. The number of halogens is 2. The lowest BCUT2D eigenvalue weighted by Crippen LogP contribution is -2.32. The molecule has 0 aliphatic carbocycles. The Morgan fingerprint density at radius 1 is 1.29 bits per heavy atom. The lowest BCUT2D eigenvalue weighted by molar-refractivity contribution is 0.456. The van der Waals surface area contributed by atoms with Crippen molar-refractivity contribution in [3.63, 3.8) is 0 Å². The first kappa shape index (κ1) is 16.4. The van der Waals surface area contributed by atoms with Gasteiger partial charge in [0.25, 0.3) is 0 Å². The quantitative estimate of drug-likeness (QED) is 0.842. The van der Waals surface area contributed by atoms with Gasteiger partial charge in [0.15, 0.2) is 0 Å². The molecular formula is C12H19Cl2N3. The van der Waals surface area contributed by atoms with E-state index in [0.29, 0.717) is 5.92 Å². The van der Waals surface area contributed by atoms with E-state index in [9.17, 15) is 0 Å². The minimum atomic E-state index is 0. The molecule has 96 valence electrons. The summed E-state index contributed by atoms with van der Waals surface area (Å²) < 4.78 is 0. The molecule has 1 aliphatic heterocycles. The average Bonchev–Trinajstić information content (AvgIpc) is 2.33. The first-order valence-electron chi connectivity index (χ1n) is 5.50. The third-order valence-corrected chi connectivity index (χ3v) is 2.89. The molecule has 1 saturated heterocycles. The van der Waals surface area contributed by atoms with Gasteiger partial charge >= 0.3 is 0 Å². The number of rotatable bonds is 2. The van der Waals surface area contributed by atoms with Gasteiger partial charge in [-0.25, -0.2) is 0 Å². The van der Waals surface area contributed by atoms with Gasteiger partial charge in [-0.3, -0.25) is 9.98 Å². The van der Waals surface area contributed by atoms with Crippen LogP contribution in [0.4, 0.5) is 0 Å². The van der Waals surface area contributed by atoms with Crippen LogP contribution in [0.3, 0.4) is 0 Å². The summed E-state index contributed by atoms with van der Waals surface area (Å²) in [4.78, 5) is 8.78. The van der Waals surface area contributed by atoms with Crippen molar-refractivity contribution in [3.05, 3.63) is 30.1 Å². The zero-order chi connectivity index (χ0) is 10.5. The first-order valence-corrected chi connectivity index (χ1v) is 5.50. The van der Waals surface area contributed by atoms with Crippen LogP contribution in [-0.2, 0) is 0 Å². The molecule has 2 rings (SSSR count). The lowest BCUT2D eigenvalue weighted by atomic mass is 9.91. The van der Waals surface area contributed by atoms with E-state index in [2.05, 4.69) is 15.3 Å². The van der Waals surface area contributed by atoms with E-state index < -0.39 is 0 Å². The van der Waals surface area contributed by atoms with Crippen molar-refractivity contribution in [2.45, 2.75) is 12.8 Å². The van der Waals surface area contributed by atoms with E-state index in [4.69, 9.17) is 0 Å². The number of aliphatic imine (C=N–C) groups is 1. The number of pyridine rings is 1. The molecule has 1 fully saturated rings. The van der Waals surface area contributed by atoms with Gasteiger partial charge < -0.3 is 5.32 Å². The van der Waals surface area contributed by atoms with Gasteiger partial charge in [0.05, 0.1) is 11.4 Å². The van der Waals surface area contributed by atoms with Crippen LogP contribution in [0.2, 0.25) is 0 Å². The van der Waals surface area contributed by atoms with Crippen molar-refractivity contribution in [2.75, 3.05) is 20.1 Å². The fraction of sp³-hybridized carbons (Fsp3) is 0.500. The van der Waals surface area contributed by atoms with Crippen LogP contribution in [-0.4, -0.2) is 30.8 Å². The van der Waals surface area contributed by atoms with Crippen LogP contribution < -0.4 is 5.32 Å². The van der Waals surface area contributed by atoms with Crippen molar-refractivity contribution >= 4 is 30.5 Å². The van der Waals surface area contributed by atoms with E-state index >= 15 is 0 Å². The van der Waals surface area contributed by atoms with E-state index in [1.807, 2.05) is 31.4 Å². The smallest absolute Gasteiger partial charge is 0.0842 e. The highest BCUT2D eigenvalue weighted by molar-refractivity contribution is 6.00. The van der Waals surface area contributed by atoms with Gasteiger partial charge in [-0.2, -0.15) is 0 Å². The second-order valence-corrected chi connectivity index (χ2v) is 3.85. The van der Waals surface area contributed by atoms with Crippen LogP contribution in [0.25, 0.3) is 0 Å². The molecule has 17 heavy (non-hydrogen) atoms. The van der Waals surface area contributed by atoms with Gasteiger partial charge in [-0.15, -0.1) is 24.8 Å². The number of nitrogens with zero attached hydrogens (tertiary/aromatic N) is 2. The molecule has 1 aromatic heterocycles. The standard InChI is InChI=1S/C12H17N3.2ClH/c1-13-12(10-5-8-14-9-6-10)11-4-2-3-7-15-11;;/h2-4,7,10,14H,5-6,8-9H2,1H3;2*1H. The second kappa shape index (κ2) is 8.45. The molecule has 1 aromatic rings. The van der Waals surface area contributed by atoms with Crippen molar-refractivity contribution in [3.8, 4) is 0 Å². The summed E-state index contributed by atoms with van der Waals surface area (Å²) in [6.07, 6.45) is 4.17.